The average molecular weight is 314 g/mol. The highest BCUT2D eigenvalue weighted by molar-refractivity contribution is 5.85. The van der Waals surface area contributed by atoms with Crippen LogP contribution in [0.1, 0.15) is 24.2 Å². The predicted molar refractivity (Wildman–Crippen MR) is 87.2 cm³/mol. The fourth-order valence-corrected chi connectivity index (χ4v) is 2.98. The molecular weight excluding hydrogens is 295 g/mol. The molecule has 2 atom stereocenters. The molecule has 0 saturated carbocycles. The summed E-state index contributed by atoms with van der Waals surface area (Å²) in [6.45, 7) is 5.43. The molecular formula is C18H19FN2O2. The molecule has 3 rings (SSSR count). The number of benzene rings is 1. The molecule has 1 saturated heterocycles. The van der Waals surface area contributed by atoms with E-state index in [1.165, 1.54) is 12.1 Å². The SMILES string of the molecule is CC1CN(c2ncc(-c3ccc(F)cc3)cc2C=O)CC(C)O1. The maximum atomic E-state index is 13.0. The number of carbonyl (C=O) groups excluding carboxylic acids is 1. The molecule has 5 heteroatoms. The van der Waals surface area contributed by atoms with E-state index in [9.17, 15) is 9.18 Å². The maximum Gasteiger partial charge on any atom is 0.153 e. The lowest BCUT2D eigenvalue weighted by molar-refractivity contribution is -0.00549. The van der Waals surface area contributed by atoms with E-state index in [0.717, 1.165) is 17.4 Å². The molecule has 1 aliphatic rings. The van der Waals surface area contributed by atoms with E-state index in [-0.39, 0.29) is 18.0 Å². The van der Waals surface area contributed by atoms with E-state index in [1.807, 2.05) is 13.8 Å². The minimum atomic E-state index is -0.287. The van der Waals surface area contributed by atoms with Crippen molar-refractivity contribution in [1.29, 1.82) is 0 Å². The Kier molecular flexibility index (Phi) is 4.39. The smallest absolute Gasteiger partial charge is 0.153 e. The Morgan fingerprint density at radius 2 is 1.83 bits per heavy atom. The first-order valence-electron chi connectivity index (χ1n) is 7.68. The summed E-state index contributed by atoms with van der Waals surface area (Å²) >= 11 is 0. The molecule has 1 aromatic carbocycles. The number of aromatic nitrogens is 1. The van der Waals surface area contributed by atoms with Crippen LogP contribution >= 0.6 is 0 Å². The van der Waals surface area contributed by atoms with Crippen LogP contribution in [0.3, 0.4) is 0 Å². The Balaban J connectivity index is 1.93. The summed E-state index contributed by atoms with van der Waals surface area (Å²) in [5.41, 5.74) is 2.16. The first kappa shape index (κ1) is 15.6. The first-order chi connectivity index (χ1) is 11.1. The zero-order chi connectivity index (χ0) is 16.4. The Hall–Kier alpha value is -2.27. The molecule has 2 aromatic rings. The van der Waals surface area contributed by atoms with Crippen LogP contribution in [0.25, 0.3) is 11.1 Å². The predicted octanol–water partition coefficient (Wildman–Crippen LogP) is 3.31. The van der Waals surface area contributed by atoms with Gasteiger partial charge in [0.05, 0.1) is 17.8 Å². The maximum absolute atomic E-state index is 13.0. The third-order valence-electron chi connectivity index (χ3n) is 3.92. The van der Waals surface area contributed by atoms with Gasteiger partial charge < -0.3 is 9.64 Å². The standard InChI is InChI=1S/C18H19FN2O2/c1-12-9-21(10-13(2)23-12)18-16(11-22)7-15(8-20-18)14-3-5-17(19)6-4-14/h3-8,11-13H,9-10H2,1-2H3. The van der Waals surface area contributed by atoms with Crippen LogP contribution < -0.4 is 4.90 Å². The molecule has 0 spiro atoms. The van der Waals surface area contributed by atoms with Gasteiger partial charge in [-0.05, 0) is 37.6 Å². The number of hydrogen-bond donors (Lipinski definition) is 0. The van der Waals surface area contributed by atoms with Crippen molar-refractivity contribution in [3.8, 4) is 11.1 Å². The zero-order valence-corrected chi connectivity index (χ0v) is 13.2. The molecule has 1 fully saturated rings. The highest BCUT2D eigenvalue weighted by Crippen LogP contribution is 2.26. The van der Waals surface area contributed by atoms with Crippen molar-refractivity contribution >= 4 is 12.1 Å². The van der Waals surface area contributed by atoms with Gasteiger partial charge in [0.1, 0.15) is 11.6 Å². The summed E-state index contributed by atoms with van der Waals surface area (Å²) in [4.78, 5) is 18.1. The highest BCUT2D eigenvalue weighted by atomic mass is 19.1. The van der Waals surface area contributed by atoms with Crippen molar-refractivity contribution in [2.45, 2.75) is 26.1 Å². The number of morpholine rings is 1. The number of rotatable bonds is 3. The van der Waals surface area contributed by atoms with Crippen molar-refractivity contribution in [2.24, 2.45) is 0 Å². The van der Waals surface area contributed by atoms with Gasteiger partial charge in [0, 0.05) is 24.8 Å². The van der Waals surface area contributed by atoms with Crippen LogP contribution in [0.15, 0.2) is 36.5 Å². The van der Waals surface area contributed by atoms with Crippen LogP contribution in [0.5, 0.6) is 0 Å². The number of halogens is 1. The highest BCUT2D eigenvalue weighted by Gasteiger charge is 2.25. The van der Waals surface area contributed by atoms with Crippen molar-refractivity contribution in [1.82, 2.24) is 4.98 Å². The van der Waals surface area contributed by atoms with Crippen LogP contribution in [0, 0.1) is 5.82 Å². The van der Waals surface area contributed by atoms with Gasteiger partial charge in [-0.2, -0.15) is 0 Å². The van der Waals surface area contributed by atoms with Gasteiger partial charge in [0.15, 0.2) is 6.29 Å². The van der Waals surface area contributed by atoms with Crippen LogP contribution in [0.4, 0.5) is 10.2 Å². The lowest BCUT2D eigenvalue weighted by atomic mass is 10.1. The number of aldehydes is 1. The number of ether oxygens (including phenoxy) is 1. The molecule has 0 amide bonds. The third-order valence-corrected chi connectivity index (χ3v) is 3.92. The lowest BCUT2D eigenvalue weighted by Crippen LogP contribution is -2.46. The largest absolute Gasteiger partial charge is 0.372 e. The number of anilines is 1. The minimum Gasteiger partial charge on any atom is -0.372 e. The van der Waals surface area contributed by atoms with Gasteiger partial charge in [-0.3, -0.25) is 4.79 Å². The molecule has 1 aromatic heterocycles. The fraction of sp³-hybridized carbons (Fsp3) is 0.333. The van der Waals surface area contributed by atoms with E-state index < -0.39 is 0 Å². The summed E-state index contributed by atoms with van der Waals surface area (Å²) in [5.74, 6) is 0.387. The number of carbonyl (C=O) groups is 1. The second-order valence-electron chi connectivity index (χ2n) is 5.92. The fourth-order valence-electron chi connectivity index (χ4n) is 2.98. The van der Waals surface area contributed by atoms with Gasteiger partial charge in [-0.25, -0.2) is 9.37 Å². The average Bonchev–Trinajstić information content (AvgIpc) is 2.54. The first-order valence-corrected chi connectivity index (χ1v) is 7.68. The second kappa shape index (κ2) is 6.46. The van der Waals surface area contributed by atoms with Gasteiger partial charge in [0.25, 0.3) is 0 Å². The van der Waals surface area contributed by atoms with Gasteiger partial charge in [-0.15, -0.1) is 0 Å². The number of hydrogen-bond acceptors (Lipinski definition) is 4. The zero-order valence-electron chi connectivity index (χ0n) is 13.2. The second-order valence-corrected chi connectivity index (χ2v) is 5.92. The van der Waals surface area contributed by atoms with Crippen LogP contribution in [-0.4, -0.2) is 36.6 Å². The van der Waals surface area contributed by atoms with Crippen molar-refractivity contribution in [3.63, 3.8) is 0 Å². The van der Waals surface area contributed by atoms with Crippen molar-refractivity contribution in [3.05, 3.63) is 47.9 Å². The van der Waals surface area contributed by atoms with E-state index in [0.29, 0.717) is 24.5 Å². The monoisotopic (exact) mass is 314 g/mol. The molecule has 23 heavy (non-hydrogen) atoms. The Labute approximate surface area is 134 Å². The summed E-state index contributed by atoms with van der Waals surface area (Å²) in [5, 5.41) is 0. The topological polar surface area (TPSA) is 42.4 Å². The van der Waals surface area contributed by atoms with E-state index >= 15 is 0 Å². The Morgan fingerprint density at radius 3 is 2.43 bits per heavy atom. The molecule has 0 bridgehead atoms. The van der Waals surface area contributed by atoms with Crippen LogP contribution in [0.2, 0.25) is 0 Å². The van der Waals surface area contributed by atoms with Gasteiger partial charge >= 0.3 is 0 Å². The molecule has 120 valence electrons. The van der Waals surface area contributed by atoms with Crippen molar-refractivity contribution < 1.29 is 13.9 Å². The molecule has 0 aliphatic carbocycles. The summed E-state index contributed by atoms with van der Waals surface area (Å²) in [7, 11) is 0. The van der Waals surface area contributed by atoms with Crippen molar-refractivity contribution in [2.75, 3.05) is 18.0 Å². The minimum absolute atomic E-state index is 0.0943. The summed E-state index contributed by atoms with van der Waals surface area (Å²) < 4.78 is 18.8. The molecule has 4 nitrogen and oxygen atoms in total. The number of pyridine rings is 1. The molecule has 0 N–H and O–H groups in total. The summed E-state index contributed by atoms with van der Waals surface area (Å²) in [6.07, 6.45) is 2.73. The van der Waals surface area contributed by atoms with E-state index in [4.69, 9.17) is 4.74 Å². The lowest BCUT2D eigenvalue weighted by Gasteiger charge is -2.36. The molecule has 1 aliphatic heterocycles. The van der Waals surface area contributed by atoms with Crippen LogP contribution in [-0.2, 0) is 4.74 Å². The Bertz CT molecular complexity index is 693. The summed E-state index contributed by atoms with van der Waals surface area (Å²) in [6, 6.07) is 7.96. The number of nitrogens with zero attached hydrogens (tertiary/aromatic N) is 2. The van der Waals surface area contributed by atoms with Gasteiger partial charge in [0.2, 0.25) is 0 Å². The van der Waals surface area contributed by atoms with E-state index in [2.05, 4.69) is 9.88 Å². The Morgan fingerprint density at radius 1 is 1.17 bits per heavy atom. The normalized spacial score (nSPS) is 21.3. The quantitative estimate of drug-likeness (QED) is 0.815. The molecule has 2 heterocycles. The van der Waals surface area contributed by atoms with E-state index in [1.54, 1.807) is 24.4 Å². The third kappa shape index (κ3) is 3.40. The molecule has 0 radical (unpaired) electrons. The molecule has 2 unspecified atom stereocenters. The van der Waals surface area contributed by atoms with Gasteiger partial charge in [-0.1, -0.05) is 12.1 Å².